The number of aliphatic hydroxyl groups is 3. The Morgan fingerprint density at radius 3 is 2.44 bits per heavy atom. The van der Waals surface area contributed by atoms with Crippen molar-refractivity contribution >= 4 is 17.7 Å². The Kier molecular flexibility index (Phi) is 12.0. The van der Waals surface area contributed by atoms with E-state index in [0.717, 1.165) is 50.7 Å². The highest BCUT2D eigenvalue weighted by molar-refractivity contribution is 8.00. The van der Waals surface area contributed by atoms with E-state index in [4.69, 9.17) is 9.84 Å². The molecule has 1 fully saturated rings. The highest BCUT2D eigenvalue weighted by Crippen LogP contribution is 2.39. The minimum atomic E-state index is -4.47. The van der Waals surface area contributed by atoms with Gasteiger partial charge in [-0.2, -0.15) is 24.9 Å². The maximum absolute atomic E-state index is 12.8. The van der Waals surface area contributed by atoms with Gasteiger partial charge >= 0.3 is 12.1 Å². The van der Waals surface area contributed by atoms with Crippen LogP contribution in [0, 0.1) is 5.92 Å². The van der Waals surface area contributed by atoms with E-state index < -0.39 is 36.0 Å². The molecule has 4 N–H and O–H groups in total. The van der Waals surface area contributed by atoms with Crippen molar-refractivity contribution in [3.05, 3.63) is 29.8 Å². The summed E-state index contributed by atoms with van der Waals surface area (Å²) in [6, 6.07) is 4.48. The topological polar surface area (TPSA) is 107 Å². The number of hydrogen-bond acceptors (Lipinski definition) is 6. The lowest BCUT2D eigenvalue weighted by atomic mass is 9.96. The van der Waals surface area contributed by atoms with E-state index >= 15 is 0 Å². The summed E-state index contributed by atoms with van der Waals surface area (Å²) in [6.07, 6.45) is -0.0653. The molecule has 1 aromatic rings. The van der Waals surface area contributed by atoms with E-state index in [0.29, 0.717) is 6.42 Å². The Bertz CT molecular complexity index is 748. The molecule has 2 rings (SSSR count). The molecule has 34 heavy (non-hydrogen) atoms. The maximum Gasteiger partial charge on any atom is 0.416 e. The maximum atomic E-state index is 12.8. The number of hydrogen-bond donors (Lipinski definition) is 4. The van der Waals surface area contributed by atoms with Gasteiger partial charge in [0, 0.05) is 23.8 Å². The van der Waals surface area contributed by atoms with E-state index in [1.165, 1.54) is 23.9 Å². The zero-order valence-corrected chi connectivity index (χ0v) is 19.9. The molecule has 10 heteroatoms. The lowest BCUT2D eigenvalue weighted by Crippen LogP contribution is -2.28. The zero-order chi connectivity index (χ0) is 25.1. The van der Waals surface area contributed by atoms with E-state index in [2.05, 4.69) is 0 Å². The van der Waals surface area contributed by atoms with Crippen molar-refractivity contribution in [2.24, 2.45) is 5.92 Å². The van der Waals surface area contributed by atoms with Gasteiger partial charge in [-0.1, -0.05) is 38.2 Å². The summed E-state index contributed by atoms with van der Waals surface area (Å²) in [4.78, 5) is 10.5. The zero-order valence-electron chi connectivity index (χ0n) is 19.1. The van der Waals surface area contributed by atoms with Gasteiger partial charge in [0.1, 0.15) is 12.4 Å². The summed E-state index contributed by atoms with van der Waals surface area (Å²) in [6.45, 7) is -0.174. The quantitative estimate of drug-likeness (QED) is 0.259. The van der Waals surface area contributed by atoms with Crippen molar-refractivity contribution in [2.45, 2.75) is 87.5 Å². The molecule has 0 spiro atoms. The van der Waals surface area contributed by atoms with Gasteiger partial charge in [-0.3, -0.25) is 4.79 Å². The largest absolute Gasteiger partial charge is 0.491 e. The summed E-state index contributed by atoms with van der Waals surface area (Å²) >= 11 is 1.36. The smallest absolute Gasteiger partial charge is 0.416 e. The first-order valence-electron chi connectivity index (χ1n) is 11.8. The van der Waals surface area contributed by atoms with Crippen LogP contribution in [0.15, 0.2) is 24.3 Å². The number of rotatable bonds is 15. The predicted octanol–water partition coefficient (Wildman–Crippen LogP) is 4.49. The van der Waals surface area contributed by atoms with E-state index in [9.17, 15) is 33.3 Å². The molecule has 0 bridgehead atoms. The van der Waals surface area contributed by atoms with Crippen molar-refractivity contribution in [1.82, 2.24) is 0 Å². The number of carboxylic acid groups (broad SMARTS) is 1. The van der Waals surface area contributed by atoms with Crippen LogP contribution in [0.5, 0.6) is 5.75 Å². The lowest BCUT2D eigenvalue weighted by Gasteiger charge is -2.24. The first kappa shape index (κ1) is 28.7. The van der Waals surface area contributed by atoms with Crippen LogP contribution in [-0.2, 0) is 11.0 Å². The molecule has 0 heterocycles. The average molecular weight is 509 g/mol. The summed E-state index contributed by atoms with van der Waals surface area (Å²) in [7, 11) is 0. The molecule has 1 aromatic carbocycles. The molecule has 0 aliphatic heterocycles. The summed E-state index contributed by atoms with van der Waals surface area (Å²) in [5, 5.41) is 39.4. The monoisotopic (exact) mass is 508 g/mol. The number of aliphatic carboxylic acids is 1. The Morgan fingerprint density at radius 1 is 1.09 bits per heavy atom. The van der Waals surface area contributed by atoms with E-state index in [-0.39, 0.29) is 42.1 Å². The minimum Gasteiger partial charge on any atom is -0.491 e. The fourth-order valence-electron chi connectivity index (χ4n) is 4.24. The average Bonchev–Trinajstić information content (AvgIpc) is 3.04. The molecule has 194 valence electrons. The number of thioether (sulfide) groups is 1. The van der Waals surface area contributed by atoms with Crippen molar-refractivity contribution in [2.75, 3.05) is 12.4 Å². The van der Waals surface area contributed by atoms with E-state index in [1.54, 1.807) is 0 Å². The molecule has 0 saturated heterocycles. The Labute approximate surface area is 202 Å². The number of ether oxygens (including phenoxy) is 1. The Balaban J connectivity index is 1.70. The van der Waals surface area contributed by atoms with Gasteiger partial charge in [-0.25, -0.2) is 0 Å². The Hall–Kier alpha value is -1.49. The summed E-state index contributed by atoms with van der Waals surface area (Å²) < 4.78 is 43.7. The SMILES string of the molecule is O=C(O)CCCCCCCCC1C(O)CC(O)C1SCC(O)COc1cccc(C(F)(F)F)c1. The van der Waals surface area contributed by atoms with Gasteiger partial charge in [-0.15, -0.1) is 0 Å². The van der Waals surface area contributed by atoms with Crippen LogP contribution < -0.4 is 4.74 Å². The van der Waals surface area contributed by atoms with Crippen LogP contribution >= 0.6 is 11.8 Å². The molecule has 5 atom stereocenters. The third kappa shape index (κ3) is 10.0. The van der Waals surface area contributed by atoms with Gasteiger partial charge in [0.2, 0.25) is 0 Å². The summed E-state index contributed by atoms with van der Waals surface area (Å²) in [5.74, 6) is -0.614. The second-order valence-corrected chi connectivity index (χ2v) is 10.1. The molecule has 1 aliphatic carbocycles. The number of carbonyl (C=O) groups is 1. The molecule has 0 amide bonds. The van der Waals surface area contributed by atoms with Crippen LogP contribution in [0.4, 0.5) is 13.2 Å². The molecule has 0 radical (unpaired) electrons. The molecular weight excluding hydrogens is 473 g/mol. The molecule has 1 aliphatic rings. The first-order chi connectivity index (χ1) is 16.1. The minimum absolute atomic E-state index is 0.0241. The number of unbranched alkanes of at least 4 members (excludes halogenated alkanes) is 5. The summed E-state index contributed by atoms with van der Waals surface area (Å²) in [5.41, 5.74) is -0.819. The van der Waals surface area contributed by atoms with Gasteiger partial charge < -0.3 is 25.2 Å². The number of carboxylic acids is 1. The third-order valence-electron chi connectivity index (χ3n) is 6.04. The van der Waals surface area contributed by atoms with Crippen LogP contribution in [0.3, 0.4) is 0 Å². The second-order valence-electron chi connectivity index (χ2n) is 8.88. The van der Waals surface area contributed by atoms with Gasteiger partial charge in [0.25, 0.3) is 0 Å². The lowest BCUT2D eigenvalue weighted by molar-refractivity contribution is -0.138. The fraction of sp³-hybridized carbons (Fsp3) is 0.708. The Morgan fingerprint density at radius 2 is 1.76 bits per heavy atom. The number of halogens is 3. The van der Waals surface area contributed by atoms with Crippen molar-refractivity contribution in [1.29, 1.82) is 0 Å². The number of aliphatic hydroxyl groups excluding tert-OH is 3. The van der Waals surface area contributed by atoms with Crippen molar-refractivity contribution < 1.29 is 43.1 Å². The highest BCUT2D eigenvalue weighted by Gasteiger charge is 2.41. The number of benzene rings is 1. The van der Waals surface area contributed by atoms with Crippen LogP contribution in [0.25, 0.3) is 0 Å². The van der Waals surface area contributed by atoms with Crippen molar-refractivity contribution in [3.8, 4) is 5.75 Å². The van der Waals surface area contributed by atoms with E-state index in [1.807, 2.05) is 0 Å². The molecule has 5 unspecified atom stereocenters. The van der Waals surface area contributed by atoms with Crippen molar-refractivity contribution in [3.63, 3.8) is 0 Å². The van der Waals surface area contributed by atoms with Gasteiger partial charge in [0.05, 0.1) is 23.9 Å². The molecule has 6 nitrogen and oxygen atoms in total. The first-order valence-corrected chi connectivity index (χ1v) is 12.8. The highest BCUT2D eigenvalue weighted by atomic mass is 32.2. The second kappa shape index (κ2) is 14.2. The van der Waals surface area contributed by atoms with Crippen LogP contribution in [-0.4, -0.2) is 62.3 Å². The standard InChI is InChI=1S/C24H35F3O6S/c25-24(26,27)16-8-7-9-18(12-16)33-14-17(28)15-34-23-19(20(29)13-21(23)30)10-5-3-1-2-4-6-11-22(31)32/h7-9,12,17,19-21,23,28-30H,1-6,10-11,13-15H2,(H,31,32). The van der Waals surface area contributed by atoms with Gasteiger partial charge in [0.15, 0.2) is 0 Å². The molecule has 1 saturated carbocycles. The van der Waals surface area contributed by atoms with Crippen LogP contribution in [0.1, 0.15) is 63.4 Å². The van der Waals surface area contributed by atoms with Gasteiger partial charge in [-0.05, 0) is 37.0 Å². The number of alkyl halides is 3. The normalized spacial score (nSPS) is 23.7. The molecule has 0 aromatic heterocycles. The predicted molar refractivity (Wildman–Crippen MR) is 124 cm³/mol. The molecular formula is C24H35F3O6S. The van der Waals surface area contributed by atoms with Crippen LogP contribution in [0.2, 0.25) is 0 Å². The third-order valence-corrected chi connectivity index (χ3v) is 7.67. The fourth-order valence-corrected chi connectivity index (χ4v) is 5.68.